The van der Waals surface area contributed by atoms with Crippen molar-refractivity contribution in [2.24, 2.45) is 11.7 Å². The number of primary amides is 1. The summed E-state index contributed by atoms with van der Waals surface area (Å²) in [6.07, 6.45) is 1.24. The molecule has 4 nitrogen and oxygen atoms in total. The second-order valence-corrected chi connectivity index (χ2v) is 4.67. The van der Waals surface area contributed by atoms with E-state index in [9.17, 15) is 4.79 Å². The molecule has 4 heteroatoms. The van der Waals surface area contributed by atoms with Crippen molar-refractivity contribution in [2.75, 3.05) is 13.1 Å². The smallest absolute Gasteiger partial charge is 0.221 e. The molecule has 0 spiro atoms. The van der Waals surface area contributed by atoms with E-state index >= 15 is 0 Å². The number of nitriles is 1. The zero-order chi connectivity index (χ0) is 13.0. The van der Waals surface area contributed by atoms with Gasteiger partial charge in [0.15, 0.2) is 0 Å². The molecule has 0 bridgehead atoms. The van der Waals surface area contributed by atoms with Crippen molar-refractivity contribution in [1.29, 1.82) is 5.26 Å². The van der Waals surface area contributed by atoms with Crippen LogP contribution in [0.5, 0.6) is 0 Å². The summed E-state index contributed by atoms with van der Waals surface area (Å²) in [5.41, 5.74) is 6.47. The predicted octanol–water partition coefficient (Wildman–Crippen LogP) is 1.45. The Labute approximate surface area is 107 Å². The molecule has 1 aromatic rings. The minimum absolute atomic E-state index is 0.0700. The van der Waals surface area contributed by atoms with Crippen molar-refractivity contribution in [3.05, 3.63) is 35.9 Å². The lowest BCUT2D eigenvalue weighted by Crippen LogP contribution is -2.30. The molecule has 1 fully saturated rings. The molecular formula is C14H17N3O. The first kappa shape index (κ1) is 12.6. The Morgan fingerprint density at radius 2 is 2.22 bits per heavy atom. The van der Waals surface area contributed by atoms with E-state index in [4.69, 9.17) is 11.0 Å². The van der Waals surface area contributed by atoms with Crippen molar-refractivity contribution < 1.29 is 4.79 Å². The Kier molecular flexibility index (Phi) is 3.96. The molecule has 1 aliphatic heterocycles. The first-order valence-electron chi connectivity index (χ1n) is 6.17. The van der Waals surface area contributed by atoms with Crippen LogP contribution < -0.4 is 5.73 Å². The number of benzene rings is 1. The summed E-state index contributed by atoms with van der Waals surface area (Å²) in [5.74, 6) is -0.309. The molecule has 1 amide bonds. The van der Waals surface area contributed by atoms with Crippen LogP contribution in [0.1, 0.15) is 24.4 Å². The standard InChI is InChI=1S/C14H17N3O/c15-8-6-13(11-4-2-1-3-5-11)17-9-7-12(10-17)14(16)18/h1-5,12-13H,6-7,9-10H2,(H2,16,18). The molecule has 2 N–H and O–H groups in total. The quantitative estimate of drug-likeness (QED) is 0.870. The SMILES string of the molecule is N#CCC(c1ccccc1)N1CCC(C(N)=O)C1. The third-order valence-corrected chi connectivity index (χ3v) is 3.53. The molecule has 18 heavy (non-hydrogen) atoms. The van der Waals surface area contributed by atoms with Crippen LogP contribution in [0.4, 0.5) is 0 Å². The highest BCUT2D eigenvalue weighted by atomic mass is 16.1. The third kappa shape index (κ3) is 2.69. The van der Waals surface area contributed by atoms with Gasteiger partial charge in [0, 0.05) is 12.6 Å². The number of amides is 1. The molecule has 2 rings (SSSR count). The van der Waals surface area contributed by atoms with Crippen molar-refractivity contribution in [3.63, 3.8) is 0 Å². The molecule has 0 aromatic heterocycles. The van der Waals surface area contributed by atoms with Crippen molar-refractivity contribution in [1.82, 2.24) is 4.90 Å². The lowest BCUT2D eigenvalue weighted by Gasteiger charge is -2.26. The zero-order valence-electron chi connectivity index (χ0n) is 10.2. The summed E-state index contributed by atoms with van der Waals surface area (Å²) in [5, 5.41) is 8.97. The van der Waals surface area contributed by atoms with E-state index < -0.39 is 0 Å². The topological polar surface area (TPSA) is 70.1 Å². The summed E-state index contributed by atoms with van der Waals surface area (Å²) < 4.78 is 0. The molecule has 2 unspecified atom stereocenters. The van der Waals surface area contributed by atoms with Crippen molar-refractivity contribution in [2.45, 2.75) is 18.9 Å². The average Bonchev–Trinajstić information content (AvgIpc) is 2.86. The average molecular weight is 243 g/mol. The van der Waals surface area contributed by atoms with E-state index in [2.05, 4.69) is 11.0 Å². The van der Waals surface area contributed by atoms with Crippen LogP contribution >= 0.6 is 0 Å². The van der Waals surface area contributed by atoms with Crippen LogP contribution in [-0.4, -0.2) is 23.9 Å². The second kappa shape index (κ2) is 5.65. The Hall–Kier alpha value is -1.86. The zero-order valence-corrected chi connectivity index (χ0v) is 10.2. The highest BCUT2D eigenvalue weighted by molar-refractivity contribution is 5.77. The Balaban J connectivity index is 2.13. The van der Waals surface area contributed by atoms with Crippen LogP contribution in [0.15, 0.2) is 30.3 Å². The lowest BCUT2D eigenvalue weighted by molar-refractivity contribution is -0.121. The van der Waals surface area contributed by atoms with Crippen molar-refractivity contribution in [3.8, 4) is 6.07 Å². The van der Waals surface area contributed by atoms with Crippen LogP contribution in [-0.2, 0) is 4.79 Å². The number of likely N-dealkylation sites (tertiary alicyclic amines) is 1. The highest BCUT2D eigenvalue weighted by Gasteiger charge is 2.31. The third-order valence-electron chi connectivity index (χ3n) is 3.53. The molecule has 0 saturated carbocycles. The molecular weight excluding hydrogens is 226 g/mol. The molecule has 0 radical (unpaired) electrons. The van der Waals surface area contributed by atoms with Crippen molar-refractivity contribution >= 4 is 5.91 Å². The van der Waals surface area contributed by atoms with Gasteiger partial charge >= 0.3 is 0 Å². The van der Waals surface area contributed by atoms with Crippen LogP contribution in [0, 0.1) is 17.2 Å². The summed E-state index contributed by atoms with van der Waals surface area (Å²) in [7, 11) is 0. The second-order valence-electron chi connectivity index (χ2n) is 4.67. The Morgan fingerprint density at radius 1 is 1.50 bits per heavy atom. The van der Waals surface area contributed by atoms with Gasteiger partial charge in [0.05, 0.1) is 18.4 Å². The molecule has 1 aromatic carbocycles. The number of hydrogen-bond donors (Lipinski definition) is 1. The van der Waals surface area contributed by atoms with Gasteiger partial charge in [-0.05, 0) is 18.5 Å². The van der Waals surface area contributed by atoms with Gasteiger partial charge in [0.1, 0.15) is 0 Å². The van der Waals surface area contributed by atoms with Gasteiger partial charge in [-0.25, -0.2) is 0 Å². The van der Waals surface area contributed by atoms with E-state index in [0.29, 0.717) is 13.0 Å². The van der Waals surface area contributed by atoms with E-state index in [1.54, 1.807) is 0 Å². The fourth-order valence-electron chi connectivity index (χ4n) is 2.52. The fourth-order valence-corrected chi connectivity index (χ4v) is 2.52. The molecule has 0 aliphatic carbocycles. The predicted molar refractivity (Wildman–Crippen MR) is 68.3 cm³/mol. The lowest BCUT2D eigenvalue weighted by atomic mass is 10.0. The van der Waals surface area contributed by atoms with Gasteiger partial charge in [0.2, 0.25) is 5.91 Å². The van der Waals surface area contributed by atoms with E-state index in [1.165, 1.54) is 0 Å². The fraction of sp³-hybridized carbons (Fsp3) is 0.429. The normalized spacial score (nSPS) is 21.4. The molecule has 1 saturated heterocycles. The molecule has 1 heterocycles. The number of nitrogens with zero attached hydrogens (tertiary/aromatic N) is 2. The number of carbonyl (C=O) groups excluding carboxylic acids is 1. The Morgan fingerprint density at radius 3 is 2.78 bits per heavy atom. The number of hydrogen-bond acceptors (Lipinski definition) is 3. The molecule has 94 valence electrons. The Bertz CT molecular complexity index is 452. The van der Waals surface area contributed by atoms with Gasteiger partial charge in [-0.1, -0.05) is 30.3 Å². The minimum atomic E-state index is -0.235. The monoisotopic (exact) mass is 243 g/mol. The first-order chi connectivity index (χ1) is 8.72. The van der Waals surface area contributed by atoms with Crippen LogP contribution in [0.3, 0.4) is 0 Å². The molecule has 2 atom stereocenters. The van der Waals surface area contributed by atoms with Gasteiger partial charge in [-0.3, -0.25) is 9.69 Å². The van der Waals surface area contributed by atoms with Crippen LogP contribution in [0.2, 0.25) is 0 Å². The number of nitrogens with two attached hydrogens (primary N) is 1. The van der Waals surface area contributed by atoms with Gasteiger partial charge in [0.25, 0.3) is 0 Å². The highest BCUT2D eigenvalue weighted by Crippen LogP contribution is 2.29. The number of carbonyl (C=O) groups is 1. The van der Waals surface area contributed by atoms with E-state index in [0.717, 1.165) is 18.5 Å². The number of rotatable bonds is 4. The maximum atomic E-state index is 11.2. The van der Waals surface area contributed by atoms with E-state index in [-0.39, 0.29) is 17.9 Å². The first-order valence-corrected chi connectivity index (χ1v) is 6.17. The molecule has 1 aliphatic rings. The largest absolute Gasteiger partial charge is 0.369 e. The maximum Gasteiger partial charge on any atom is 0.221 e. The minimum Gasteiger partial charge on any atom is -0.369 e. The van der Waals surface area contributed by atoms with Gasteiger partial charge in [-0.15, -0.1) is 0 Å². The summed E-state index contributed by atoms with van der Waals surface area (Å²) in [4.78, 5) is 13.4. The summed E-state index contributed by atoms with van der Waals surface area (Å²) in [6.45, 7) is 1.49. The van der Waals surface area contributed by atoms with Gasteiger partial charge in [-0.2, -0.15) is 5.26 Å². The van der Waals surface area contributed by atoms with E-state index in [1.807, 2.05) is 30.3 Å². The summed E-state index contributed by atoms with van der Waals surface area (Å²) >= 11 is 0. The summed E-state index contributed by atoms with van der Waals surface area (Å²) in [6, 6.07) is 12.3. The maximum absolute atomic E-state index is 11.2. The van der Waals surface area contributed by atoms with Crippen LogP contribution in [0.25, 0.3) is 0 Å². The van der Waals surface area contributed by atoms with Gasteiger partial charge < -0.3 is 5.73 Å².